The van der Waals surface area contributed by atoms with Crippen LogP contribution in [0.25, 0.3) is 0 Å². The summed E-state index contributed by atoms with van der Waals surface area (Å²) in [5.74, 6) is -0.593. The molecule has 4 unspecified atom stereocenters. The number of carbonyl (C=O) groups is 1. The molecular weight excluding hydrogens is 743 g/mol. The Morgan fingerprint density at radius 2 is 0.733 bits per heavy atom. The number of nitrogens with one attached hydrogen (secondary N) is 1. The predicted octanol–water partition coefficient (Wildman–Crippen LogP) is 14.9. The molecule has 0 aliphatic rings. The highest BCUT2D eigenvalue weighted by atomic mass is 16.3. The molecule has 1 amide bonds. The lowest BCUT2D eigenvalue weighted by Gasteiger charge is -2.27. The maximum atomic E-state index is 12.6. The second kappa shape index (κ2) is 48.6. The molecule has 0 bridgehead atoms. The van der Waals surface area contributed by atoms with Crippen LogP contribution in [0.15, 0.2) is 36.5 Å². The molecule has 354 valence electrons. The normalized spacial score (nSPS) is 14.2. The van der Waals surface area contributed by atoms with Crippen molar-refractivity contribution in [2.75, 3.05) is 6.61 Å². The molecule has 0 saturated carbocycles. The number of amides is 1. The van der Waals surface area contributed by atoms with Crippen molar-refractivity contribution in [3.63, 3.8) is 0 Å². The minimum Gasteiger partial charge on any atom is -0.394 e. The van der Waals surface area contributed by atoms with E-state index in [1.807, 2.05) is 0 Å². The SMILES string of the molecule is CCCCCCCCCCC/C=C\C/C=C\CCCCCCCCCCCCCCC(O)C(=O)NC(CO)C(O)C(O)CCC/C=C/CCCCCCCCCCCCC. The third-order valence-corrected chi connectivity index (χ3v) is 12.3. The van der Waals surface area contributed by atoms with E-state index in [-0.39, 0.29) is 0 Å². The molecule has 60 heavy (non-hydrogen) atoms. The largest absolute Gasteiger partial charge is 0.394 e. The van der Waals surface area contributed by atoms with Gasteiger partial charge in [0.1, 0.15) is 12.2 Å². The Morgan fingerprint density at radius 3 is 1.10 bits per heavy atom. The molecule has 0 aromatic carbocycles. The summed E-state index contributed by atoms with van der Waals surface area (Å²) in [7, 11) is 0. The zero-order valence-electron chi connectivity index (χ0n) is 40.0. The van der Waals surface area contributed by atoms with Crippen molar-refractivity contribution in [2.45, 2.75) is 295 Å². The first-order valence-corrected chi connectivity index (χ1v) is 26.4. The monoisotopic (exact) mass is 846 g/mol. The van der Waals surface area contributed by atoms with Crippen LogP contribution in [-0.2, 0) is 4.79 Å². The van der Waals surface area contributed by atoms with Crippen molar-refractivity contribution < 1.29 is 25.2 Å². The van der Waals surface area contributed by atoms with Crippen molar-refractivity contribution in [1.29, 1.82) is 0 Å². The average molecular weight is 846 g/mol. The predicted molar refractivity (Wildman–Crippen MR) is 260 cm³/mol. The van der Waals surface area contributed by atoms with Gasteiger partial charge in [-0.3, -0.25) is 4.79 Å². The number of aliphatic hydroxyl groups excluding tert-OH is 4. The van der Waals surface area contributed by atoms with Gasteiger partial charge in [-0.25, -0.2) is 0 Å². The first-order valence-electron chi connectivity index (χ1n) is 26.4. The van der Waals surface area contributed by atoms with E-state index in [0.717, 1.165) is 44.9 Å². The molecule has 0 aromatic heterocycles. The summed E-state index contributed by atoms with van der Waals surface area (Å²) in [6.07, 6.45) is 59.2. The molecule has 0 aliphatic carbocycles. The molecule has 0 heterocycles. The van der Waals surface area contributed by atoms with Crippen LogP contribution in [0.3, 0.4) is 0 Å². The van der Waals surface area contributed by atoms with Crippen LogP contribution in [0.1, 0.15) is 271 Å². The van der Waals surface area contributed by atoms with Crippen molar-refractivity contribution >= 4 is 5.91 Å². The van der Waals surface area contributed by atoms with Gasteiger partial charge in [0.25, 0.3) is 0 Å². The third kappa shape index (κ3) is 41.9. The summed E-state index contributed by atoms with van der Waals surface area (Å²) in [4.78, 5) is 12.6. The summed E-state index contributed by atoms with van der Waals surface area (Å²) >= 11 is 0. The van der Waals surface area contributed by atoms with Gasteiger partial charge >= 0.3 is 0 Å². The van der Waals surface area contributed by atoms with Gasteiger partial charge in [-0.1, -0.05) is 237 Å². The lowest BCUT2D eigenvalue weighted by Crippen LogP contribution is -2.53. The molecule has 0 radical (unpaired) electrons. The topological polar surface area (TPSA) is 110 Å². The Bertz CT molecular complexity index is 950. The number of hydrogen-bond acceptors (Lipinski definition) is 5. The van der Waals surface area contributed by atoms with Crippen molar-refractivity contribution in [2.24, 2.45) is 0 Å². The maximum Gasteiger partial charge on any atom is 0.249 e. The Kier molecular flexibility index (Phi) is 47.4. The van der Waals surface area contributed by atoms with Crippen LogP contribution in [0, 0.1) is 0 Å². The zero-order valence-corrected chi connectivity index (χ0v) is 40.0. The quantitative estimate of drug-likeness (QED) is 0.0309. The fourth-order valence-electron chi connectivity index (χ4n) is 8.14. The van der Waals surface area contributed by atoms with Crippen LogP contribution in [0.4, 0.5) is 0 Å². The van der Waals surface area contributed by atoms with Crippen LogP contribution >= 0.6 is 0 Å². The van der Waals surface area contributed by atoms with E-state index in [1.54, 1.807) is 0 Å². The van der Waals surface area contributed by atoms with E-state index in [2.05, 4.69) is 55.6 Å². The first-order chi connectivity index (χ1) is 29.5. The summed E-state index contributed by atoms with van der Waals surface area (Å²) < 4.78 is 0. The van der Waals surface area contributed by atoms with E-state index >= 15 is 0 Å². The second-order valence-corrected chi connectivity index (χ2v) is 18.2. The fraction of sp³-hybridized carbons (Fsp3) is 0.870. The fourth-order valence-corrected chi connectivity index (χ4v) is 8.14. The minimum atomic E-state index is -1.28. The Balaban J connectivity index is 3.67. The standard InChI is InChI=1S/C54H103NO5/c1-3-5-7-9-11-13-15-17-19-21-22-23-24-25-26-27-28-29-30-31-32-34-36-38-40-42-44-46-48-52(58)54(60)55-50(49-56)53(59)51(57)47-45-43-41-39-37-35-33-20-18-16-14-12-10-8-6-4-2/h22-23,25-26,39,41,50-53,56-59H,3-21,24,27-38,40,42-49H2,1-2H3,(H,55,60)/b23-22-,26-25-,41-39+. The summed E-state index contributed by atoms with van der Waals surface area (Å²) in [5.41, 5.74) is 0. The smallest absolute Gasteiger partial charge is 0.249 e. The first kappa shape index (κ1) is 58.5. The molecule has 5 N–H and O–H groups in total. The van der Waals surface area contributed by atoms with E-state index < -0.39 is 36.9 Å². The Morgan fingerprint density at radius 1 is 0.417 bits per heavy atom. The molecule has 6 nitrogen and oxygen atoms in total. The van der Waals surface area contributed by atoms with Gasteiger partial charge in [0, 0.05) is 0 Å². The van der Waals surface area contributed by atoms with Crippen LogP contribution in [0.5, 0.6) is 0 Å². The number of aliphatic hydroxyl groups is 4. The van der Waals surface area contributed by atoms with Gasteiger partial charge in [-0.15, -0.1) is 0 Å². The lowest BCUT2D eigenvalue weighted by atomic mass is 10.00. The number of hydrogen-bond donors (Lipinski definition) is 5. The zero-order chi connectivity index (χ0) is 43.8. The molecule has 0 spiro atoms. The average Bonchev–Trinajstić information content (AvgIpc) is 3.25. The van der Waals surface area contributed by atoms with E-state index in [0.29, 0.717) is 12.8 Å². The van der Waals surface area contributed by atoms with Crippen molar-refractivity contribution in [3.05, 3.63) is 36.5 Å². The highest BCUT2D eigenvalue weighted by molar-refractivity contribution is 5.80. The number of carbonyl (C=O) groups excluding carboxylic acids is 1. The van der Waals surface area contributed by atoms with Gasteiger partial charge in [0.05, 0.1) is 18.8 Å². The number of unbranched alkanes of at least 4 members (excludes halogenated alkanes) is 33. The van der Waals surface area contributed by atoms with E-state index in [4.69, 9.17) is 0 Å². The van der Waals surface area contributed by atoms with Crippen LogP contribution in [-0.4, -0.2) is 57.3 Å². The number of allylic oxidation sites excluding steroid dienone is 6. The van der Waals surface area contributed by atoms with Crippen molar-refractivity contribution in [3.8, 4) is 0 Å². The second-order valence-electron chi connectivity index (χ2n) is 18.2. The maximum absolute atomic E-state index is 12.6. The van der Waals surface area contributed by atoms with Gasteiger partial charge in [0.15, 0.2) is 0 Å². The van der Waals surface area contributed by atoms with E-state index in [1.165, 1.54) is 199 Å². The van der Waals surface area contributed by atoms with Crippen LogP contribution < -0.4 is 5.32 Å². The molecular formula is C54H103NO5. The minimum absolute atomic E-state index is 0.362. The molecule has 0 fully saturated rings. The van der Waals surface area contributed by atoms with Gasteiger partial charge in [-0.2, -0.15) is 0 Å². The van der Waals surface area contributed by atoms with Gasteiger partial charge < -0.3 is 25.7 Å². The summed E-state index contributed by atoms with van der Waals surface area (Å²) in [6.45, 7) is 4.05. The van der Waals surface area contributed by atoms with Crippen LogP contribution in [0.2, 0.25) is 0 Å². The molecule has 0 rings (SSSR count). The molecule has 0 aliphatic heterocycles. The highest BCUT2D eigenvalue weighted by Gasteiger charge is 2.28. The van der Waals surface area contributed by atoms with Gasteiger partial charge in [0.2, 0.25) is 5.91 Å². The van der Waals surface area contributed by atoms with Gasteiger partial charge in [-0.05, 0) is 70.6 Å². The molecule has 4 atom stereocenters. The van der Waals surface area contributed by atoms with E-state index in [9.17, 15) is 25.2 Å². The summed E-state index contributed by atoms with van der Waals surface area (Å²) in [6, 6.07) is -1.00. The molecule has 0 aromatic rings. The highest BCUT2D eigenvalue weighted by Crippen LogP contribution is 2.16. The summed E-state index contributed by atoms with van der Waals surface area (Å²) in [5, 5.41) is 43.8. The Labute approximate surface area is 373 Å². The molecule has 0 saturated heterocycles. The third-order valence-electron chi connectivity index (χ3n) is 12.3. The van der Waals surface area contributed by atoms with Crippen molar-refractivity contribution in [1.82, 2.24) is 5.32 Å². The lowest BCUT2D eigenvalue weighted by molar-refractivity contribution is -0.132. The Hall–Kier alpha value is -1.47. The number of rotatable bonds is 48. The molecule has 6 heteroatoms.